The number of anilines is 2. The number of halogens is 1. The highest BCUT2D eigenvalue weighted by Gasteiger charge is 2.16. The number of hydrazine groups is 1. The first-order valence-corrected chi connectivity index (χ1v) is 7.93. The van der Waals surface area contributed by atoms with Gasteiger partial charge in [-0.25, -0.2) is 16.7 Å². The molecule has 1 aromatic carbocycles. The molecule has 2 rings (SSSR count). The van der Waals surface area contributed by atoms with E-state index in [2.05, 4.69) is 25.5 Å². The van der Waals surface area contributed by atoms with Crippen LogP contribution in [0.25, 0.3) is 0 Å². The molecule has 136 valence electrons. The van der Waals surface area contributed by atoms with Crippen LogP contribution in [0, 0.1) is 0 Å². The van der Waals surface area contributed by atoms with Gasteiger partial charge in [-0.05, 0) is 12.0 Å². The number of nitrogens with one attached hydrogen (secondary N) is 2. The Hall–Kier alpha value is -2.33. The van der Waals surface area contributed by atoms with Gasteiger partial charge in [0, 0.05) is 18.2 Å². The molecule has 10 heteroatoms. The van der Waals surface area contributed by atoms with Crippen molar-refractivity contribution >= 4 is 23.4 Å². The molecule has 0 saturated heterocycles. The Morgan fingerprint density at radius 1 is 1.32 bits per heavy atom. The van der Waals surface area contributed by atoms with E-state index in [1.807, 2.05) is 13.8 Å². The predicted octanol–water partition coefficient (Wildman–Crippen LogP) is 2.34. The highest BCUT2D eigenvalue weighted by atomic mass is 35.5. The summed E-state index contributed by atoms with van der Waals surface area (Å²) >= 11 is 5.99. The smallest absolute Gasteiger partial charge is 0.224 e. The number of hydrogen-bond donors (Lipinski definition) is 5. The van der Waals surface area contributed by atoms with Crippen molar-refractivity contribution in [3.05, 3.63) is 28.9 Å². The van der Waals surface area contributed by atoms with Crippen molar-refractivity contribution in [3.8, 4) is 17.2 Å². The van der Waals surface area contributed by atoms with E-state index in [4.69, 9.17) is 28.1 Å². The maximum atomic E-state index is 9.81. The van der Waals surface area contributed by atoms with Crippen LogP contribution < -0.4 is 27.2 Å². The van der Waals surface area contributed by atoms with E-state index in [1.54, 1.807) is 6.07 Å². The molecule has 2 aromatic rings. The first-order chi connectivity index (χ1) is 12.0. The summed E-state index contributed by atoms with van der Waals surface area (Å²) in [5.41, 5.74) is 3.25. The second kappa shape index (κ2) is 8.67. The molecule has 0 atom stereocenters. The second-order valence-electron chi connectivity index (χ2n) is 5.45. The Bertz CT molecular complexity index is 729. The normalized spacial score (nSPS) is 10.8. The number of nitrogens with two attached hydrogens (primary N) is 2. The number of aromatic hydroxyl groups is 1. The highest BCUT2D eigenvalue weighted by Crippen LogP contribution is 2.39. The molecule has 0 saturated carbocycles. The maximum Gasteiger partial charge on any atom is 0.224 e. The summed E-state index contributed by atoms with van der Waals surface area (Å²) in [6, 6.07) is 3.11. The summed E-state index contributed by atoms with van der Waals surface area (Å²) in [4.78, 5) is 12.8. The summed E-state index contributed by atoms with van der Waals surface area (Å²) in [6.45, 7) is 4.68. The molecule has 0 bridgehead atoms. The van der Waals surface area contributed by atoms with Crippen molar-refractivity contribution in [1.82, 2.24) is 9.97 Å². The highest BCUT2D eigenvalue weighted by molar-refractivity contribution is 6.32. The molecule has 0 amide bonds. The number of nitrogen functional groups attached to an aromatic ring is 1. The van der Waals surface area contributed by atoms with Crippen LogP contribution in [0.2, 0.25) is 5.02 Å². The van der Waals surface area contributed by atoms with Crippen molar-refractivity contribution in [3.63, 3.8) is 0 Å². The number of ether oxygens (including phenoxy) is 1. The van der Waals surface area contributed by atoms with Gasteiger partial charge in [-0.1, -0.05) is 25.4 Å². The van der Waals surface area contributed by atoms with Gasteiger partial charge >= 0.3 is 0 Å². The van der Waals surface area contributed by atoms with Crippen LogP contribution in [-0.4, -0.2) is 28.2 Å². The zero-order chi connectivity index (χ0) is 18.4. The number of aromatic nitrogens is 2. The molecular weight excluding hydrogens is 348 g/mol. The lowest BCUT2D eigenvalue weighted by atomic mass is 10.0. The molecule has 0 spiro atoms. The minimum Gasteiger partial charge on any atom is -0.506 e. The lowest BCUT2D eigenvalue weighted by Crippen LogP contribution is -2.16. The fraction of sp³-hybridized carbons (Fsp3) is 0.333. The number of hydrogen-bond acceptors (Lipinski definition) is 9. The Morgan fingerprint density at radius 2 is 2.08 bits per heavy atom. The summed E-state index contributed by atoms with van der Waals surface area (Å²) in [6.07, 6.45) is 1.47. The van der Waals surface area contributed by atoms with Crippen molar-refractivity contribution in [2.24, 2.45) is 11.7 Å². The minimum absolute atomic E-state index is 0.00666. The van der Waals surface area contributed by atoms with Gasteiger partial charge in [0.15, 0.2) is 11.6 Å². The first kappa shape index (κ1) is 19.0. The van der Waals surface area contributed by atoms with Crippen LogP contribution in [0.1, 0.15) is 25.3 Å². The second-order valence-corrected chi connectivity index (χ2v) is 5.85. The predicted molar refractivity (Wildman–Crippen MR) is 95.8 cm³/mol. The Kier molecular flexibility index (Phi) is 6.59. The van der Waals surface area contributed by atoms with Gasteiger partial charge in [0.05, 0.1) is 17.8 Å². The summed E-state index contributed by atoms with van der Waals surface area (Å²) in [5, 5.41) is 12.9. The van der Waals surface area contributed by atoms with Crippen LogP contribution in [0.4, 0.5) is 11.8 Å². The van der Waals surface area contributed by atoms with Crippen molar-refractivity contribution in [2.45, 2.75) is 19.8 Å². The average Bonchev–Trinajstić information content (AvgIpc) is 2.59. The summed E-state index contributed by atoms with van der Waals surface area (Å²) < 4.78 is 5.87. The summed E-state index contributed by atoms with van der Waals surface area (Å²) in [7, 11) is 0. The summed E-state index contributed by atoms with van der Waals surface area (Å²) in [5.74, 6) is 12.0. The third-order valence-electron chi connectivity index (χ3n) is 3.32. The molecule has 0 unspecified atom stereocenters. The number of nitrogens with zero attached hydrogens (tertiary/aromatic N) is 2. The number of phenolic OH excluding ortho intramolecular Hbond substituents is 1. The quantitative estimate of drug-likeness (QED) is 0.269. The number of phenols is 1. The van der Waals surface area contributed by atoms with E-state index in [0.29, 0.717) is 30.6 Å². The third-order valence-corrected chi connectivity index (χ3v) is 3.62. The van der Waals surface area contributed by atoms with Crippen LogP contribution in [0.3, 0.4) is 0 Å². The average molecular weight is 369 g/mol. The molecule has 25 heavy (non-hydrogen) atoms. The van der Waals surface area contributed by atoms with Gasteiger partial charge in [0.2, 0.25) is 5.95 Å². The fourth-order valence-corrected chi connectivity index (χ4v) is 2.23. The third kappa shape index (κ3) is 4.83. The van der Waals surface area contributed by atoms with Gasteiger partial charge in [-0.3, -0.25) is 0 Å². The standard InChI is InChI=1S/C15H21ClN6O3/c1-8(2)9-5-11(23)10(16)6-12(9)25-13-7-20-15(19-3-4-24-18)21-14(13)22-17/h5-8,23H,3-4,17-18H2,1-2H3,(H2,19,20,21,22). The SMILES string of the molecule is CC(C)c1cc(O)c(Cl)cc1Oc1cnc(NCCON)nc1NN. The van der Waals surface area contributed by atoms with E-state index in [1.165, 1.54) is 12.3 Å². The van der Waals surface area contributed by atoms with Crippen molar-refractivity contribution in [1.29, 1.82) is 0 Å². The van der Waals surface area contributed by atoms with Crippen LogP contribution >= 0.6 is 11.6 Å². The molecule has 9 nitrogen and oxygen atoms in total. The van der Waals surface area contributed by atoms with E-state index >= 15 is 0 Å². The van der Waals surface area contributed by atoms with Gasteiger partial charge in [-0.15, -0.1) is 0 Å². The van der Waals surface area contributed by atoms with Gasteiger partial charge in [0.25, 0.3) is 0 Å². The molecule has 0 aliphatic heterocycles. The minimum atomic E-state index is -0.00666. The van der Waals surface area contributed by atoms with Crippen LogP contribution in [-0.2, 0) is 4.84 Å². The van der Waals surface area contributed by atoms with E-state index < -0.39 is 0 Å². The zero-order valence-corrected chi connectivity index (χ0v) is 14.7. The van der Waals surface area contributed by atoms with E-state index in [0.717, 1.165) is 5.56 Å². The van der Waals surface area contributed by atoms with Crippen LogP contribution in [0.5, 0.6) is 17.2 Å². The number of rotatable bonds is 8. The van der Waals surface area contributed by atoms with Crippen molar-refractivity contribution < 1.29 is 14.7 Å². The molecule has 1 heterocycles. The Morgan fingerprint density at radius 3 is 2.72 bits per heavy atom. The monoisotopic (exact) mass is 368 g/mol. The molecule has 7 N–H and O–H groups in total. The van der Waals surface area contributed by atoms with Gasteiger partial charge < -0.3 is 25.4 Å². The molecule has 0 aliphatic rings. The Labute approximate surface area is 150 Å². The van der Waals surface area contributed by atoms with Gasteiger partial charge in [0.1, 0.15) is 11.5 Å². The number of benzene rings is 1. The van der Waals surface area contributed by atoms with E-state index in [-0.39, 0.29) is 22.5 Å². The van der Waals surface area contributed by atoms with Gasteiger partial charge in [-0.2, -0.15) is 4.98 Å². The largest absolute Gasteiger partial charge is 0.506 e. The molecular formula is C15H21ClN6O3. The molecule has 1 aromatic heterocycles. The maximum absolute atomic E-state index is 9.81. The first-order valence-electron chi connectivity index (χ1n) is 7.55. The lowest BCUT2D eigenvalue weighted by Gasteiger charge is -2.16. The lowest BCUT2D eigenvalue weighted by molar-refractivity contribution is 0.148. The fourth-order valence-electron chi connectivity index (χ4n) is 2.07. The molecule has 0 fully saturated rings. The van der Waals surface area contributed by atoms with E-state index in [9.17, 15) is 5.11 Å². The molecule has 0 aliphatic carbocycles. The zero-order valence-electron chi connectivity index (χ0n) is 13.9. The molecule has 0 radical (unpaired) electrons. The van der Waals surface area contributed by atoms with Crippen LogP contribution in [0.15, 0.2) is 18.3 Å². The topological polar surface area (TPSA) is 141 Å². The Balaban J connectivity index is 2.29. The van der Waals surface area contributed by atoms with Crippen molar-refractivity contribution in [2.75, 3.05) is 23.9 Å².